The second kappa shape index (κ2) is 3.36. The molecule has 0 aromatic carbocycles. The fraction of sp³-hybridized carbons (Fsp3) is 0.200. The molecule has 0 spiro atoms. The minimum Gasteiger partial charge on any atom is -0.423 e. The SMILES string of the molecule is OB(O)C1=C(C2=[C]CC=C2)CC=C1. The standard InChI is InChI=1S/C10H10BO2/c12-11(13)10-7-3-6-9(10)8-4-1-2-5-8/h1,3-4,7,12-13H,2,6H2. The Kier molecular flexibility index (Phi) is 2.21. The van der Waals surface area contributed by atoms with Gasteiger partial charge in [0.2, 0.25) is 0 Å². The van der Waals surface area contributed by atoms with Crippen LogP contribution < -0.4 is 0 Å². The van der Waals surface area contributed by atoms with Crippen LogP contribution in [-0.4, -0.2) is 17.2 Å². The van der Waals surface area contributed by atoms with E-state index in [9.17, 15) is 0 Å². The molecule has 2 N–H and O–H groups in total. The molecule has 0 unspecified atom stereocenters. The van der Waals surface area contributed by atoms with Crippen molar-refractivity contribution in [1.82, 2.24) is 0 Å². The van der Waals surface area contributed by atoms with Gasteiger partial charge in [0.1, 0.15) is 0 Å². The second-order valence-corrected chi connectivity index (χ2v) is 3.11. The summed E-state index contributed by atoms with van der Waals surface area (Å²) in [4.78, 5) is 0. The van der Waals surface area contributed by atoms with Gasteiger partial charge in [0.15, 0.2) is 0 Å². The lowest BCUT2D eigenvalue weighted by Gasteiger charge is -2.05. The summed E-state index contributed by atoms with van der Waals surface area (Å²) < 4.78 is 0. The van der Waals surface area contributed by atoms with Crippen molar-refractivity contribution in [3.63, 3.8) is 0 Å². The van der Waals surface area contributed by atoms with Crippen molar-refractivity contribution >= 4 is 7.12 Å². The molecule has 0 heterocycles. The number of rotatable bonds is 2. The summed E-state index contributed by atoms with van der Waals surface area (Å²) in [6, 6.07) is 0. The highest BCUT2D eigenvalue weighted by molar-refractivity contribution is 6.52. The Morgan fingerprint density at radius 1 is 1.23 bits per heavy atom. The molecule has 0 aromatic heterocycles. The summed E-state index contributed by atoms with van der Waals surface area (Å²) >= 11 is 0. The topological polar surface area (TPSA) is 40.5 Å². The maximum atomic E-state index is 9.06. The molecule has 0 saturated carbocycles. The van der Waals surface area contributed by atoms with Gasteiger partial charge < -0.3 is 10.0 Å². The molecule has 0 fully saturated rings. The van der Waals surface area contributed by atoms with Crippen molar-refractivity contribution in [3.8, 4) is 0 Å². The predicted molar refractivity (Wildman–Crippen MR) is 51.5 cm³/mol. The van der Waals surface area contributed by atoms with Crippen LogP contribution in [0.15, 0.2) is 40.9 Å². The Labute approximate surface area is 77.7 Å². The predicted octanol–water partition coefficient (Wildman–Crippen LogP) is 0.944. The van der Waals surface area contributed by atoms with Crippen molar-refractivity contribution in [3.05, 3.63) is 47.0 Å². The fourth-order valence-corrected chi connectivity index (χ4v) is 1.64. The van der Waals surface area contributed by atoms with Crippen LogP contribution in [0.3, 0.4) is 0 Å². The summed E-state index contributed by atoms with van der Waals surface area (Å²) in [7, 11) is -1.36. The van der Waals surface area contributed by atoms with Crippen LogP contribution in [0.2, 0.25) is 0 Å². The van der Waals surface area contributed by atoms with Gasteiger partial charge in [-0.05, 0) is 35.5 Å². The molecule has 2 rings (SSSR count). The Balaban J connectivity index is 2.32. The van der Waals surface area contributed by atoms with Crippen LogP contribution in [0.4, 0.5) is 0 Å². The third-order valence-electron chi connectivity index (χ3n) is 2.27. The molecule has 2 nitrogen and oxygen atoms in total. The summed E-state index contributed by atoms with van der Waals surface area (Å²) in [6.07, 6.45) is 12.5. The zero-order valence-corrected chi connectivity index (χ0v) is 7.20. The third-order valence-corrected chi connectivity index (χ3v) is 2.27. The number of hydrogen-bond donors (Lipinski definition) is 2. The van der Waals surface area contributed by atoms with Gasteiger partial charge in [0.05, 0.1) is 0 Å². The van der Waals surface area contributed by atoms with Crippen LogP contribution in [0.5, 0.6) is 0 Å². The lowest BCUT2D eigenvalue weighted by molar-refractivity contribution is 0.420. The van der Waals surface area contributed by atoms with E-state index >= 15 is 0 Å². The first-order chi connectivity index (χ1) is 6.29. The highest BCUT2D eigenvalue weighted by Crippen LogP contribution is 2.29. The van der Waals surface area contributed by atoms with Crippen molar-refractivity contribution < 1.29 is 10.0 Å². The highest BCUT2D eigenvalue weighted by atomic mass is 16.4. The molecule has 2 aliphatic carbocycles. The Hall–Kier alpha value is -1.06. The summed E-state index contributed by atoms with van der Waals surface area (Å²) in [5.41, 5.74) is 2.60. The normalized spacial score (nSPS) is 20.0. The Bertz CT molecular complexity index is 335. The fourth-order valence-electron chi connectivity index (χ4n) is 1.64. The zero-order chi connectivity index (χ0) is 9.26. The maximum Gasteiger partial charge on any atom is 0.488 e. The van der Waals surface area contributed by atoms with Gasteiger partial charge in [-0.1, -0.05) is 24.3 Å². The zero-order valence-electron chi connectivity index (χ0n) is 7.20. The van der Waals surface area contributed by atoms with Gasteiger partial charge in [0.25, 0.3) is 0 Å². The second-order valence-electron chi connectivity index (χ2n) is 3.11. The first-order valence-electron chi connectivity index (χ1n) is 4.32. The first-order valence-corrected chi connectivity index (χ1v) is 4.32. The van der Waals surface area contributed by atoms with E-state index in [1.54, 1.807) is 6.08 Å². The van der Waals surface area contributed by atoms with Gasteiger partial charge in [-0.3, -0.25) is 0 Å². The minimum atomic E-state index is -1.36. The van der Waals surface area contributed by atoms with E-state index in [1.165, 1.54) is 0 Å². The first kappa shape index (κ1) is 8.54. The largest absolute Gasteiger partial charge is 0.488 e. The number of hydrogen-bond acceptors (Lipinski definition) is 2. The van der Waals surface area contributed by atoms with E-state index in [-0.39, 0.29) is 0 Å². The summed E-state index contributed by atoms with van der Waals surface area (Å²) in [5.74, 6) is 0. The molecular weight excluding hydrogens is 163 g/mol. The van der Waals surface area contributed by atoms with Gasteiger partial charge >= 0.3 is 7.12 Å². The lowest BCUT2D eigenvalue weighted by atomic mass is 9.76. The molecule has 2 aliphatic rings. The van der Waals surface area contributed by atoms with Gasteiger partial charge in [-0.25, -0.2) is 0 Å². The van der Waals surface area contributed by atoms with Crippen LogP contribution >= 0.6 is 0 Å². The van der Waals surface area contributed by atoms with Crippen molar-refractivity contribution in [1.29, 1.82) is 0 Å². The Morgan fingerprint density at radius 2 is 2.08 bits per heavy atom. The smallest absolute Gasteiger partial charge is 0.423 e. The quantitative estimate of drug-likeness (QED) is 0.610. The average molecular weight is 173 g/mol. The van der Waals surface area contributed by atoms with Crippen LogP contribution in [0, 0.1) is 6.08 Å². The average Bonchev–Trinajstić information content (AvgIpc) is 2.74. The molecule has 0 aliphatic heterocycles. The monoisotopic (exact) mass is 173 g/mol. The van der Waals surface area contributed by atoms with E-state index in [0.29, 0.717) is 5.47 Å². The van der Waals surface area contributed by atoms with Crippen LogP contribution in [0.25, 0.3) is 0 Å². The van der Waals surface area contributed by atoms with E-state index in [4.69, 9.17) is 10.0 Å². The van der Waals surface area contributed by atoms with E-state index in [0.717, 1.165) is 24.0 Å². The molecule has 0 saturated heterocycles. The van der Waals surface area contributed by atoms with E-state index < -0.39 is 7.12 Å². The maximum absolute atomic E-state index is 9.06. The van der Waals surface area contributed by atoms with Gasteiger partial charge in [-0.2, -0.15) is 0 Å². The van der Waals surface area contributed by atoms with E-state index in [1.807, 2.05) is 18.2 Å². The molecule has 0 bridgehead atoms. The molecule has 0 atom stereocenters. The minimum absolute atomic E-state index is 0.606. The van der Waals surface area contributed by atoms with E-state index in [2.05, 4.69) is 6.08 Å². The number of allylic oxidation sites excluding steroid dienone is 8. The summed E-state index contributed by atoms with van der Waals surface area (Å²) in [5, 5.41) is 18.1. The molecule has 65 valence electrons. The van der Waals surface area contributed by atoms with Crippen LogP contribution in [-0.2, 0) is 0 Å². The molecule has 3 heteroatoms. The molecule has 0 aromatic rings. The summed E-state index contributed by atoms with van der Waals surface area (Å²) in [6.45, 7) is 0. The van der Waals surface area contributed by atoms with Crippen molar-refractivity contribution in [2.24, 2.45) is 0 Å². The molecular formula is C10H10BO2. The van der Waals surface area contributed by atoms with Crippen molar-refractivity contribution in [2.45, 2.75) is 12.8 Å². The van der Waals surface area contributed by atoms with Crippen molar-refractivity contribution in [2.75, 3.05) is 0 Å². The molecule has 0 amide bonds. The molecule has 1 radical (unpaired) electrons. The Morgan fingerprint density at radius 3 is 2.69 bits per heavy atom. The van der Waals surface area contributed by atoms with Gasteiger partial charge in [0, 0.05) is 0 Å². The lowest BCUT2D eigenvalue weighted by Crippen LogP contribution is -2.14. The van der Waals surface area contributed by atoms with Gasteiger partial charge in [-0.15, -0.1) is 0 Å². The highest BCUT2D eigenvalue weighted by Gasteiger charge is 2.22. The third kappa shape index (κ3) is 1.53. The molecule has 13 heavy (non-hydrogen) atoms. The van der Waals surface area contributed by atoms with Crippen LogP contribution in [0.1, 0.15) is 12.8 Å².